The predicted molar refractivity (Wildman–Crippen MR) is 84.9 cm³/mol. The smallest absolute Gasteiger partial charge is 0.303 e. The van der Waals surface area contributed by atoms with E-state index in [-0.39, 0.29) is 0 Å². The molecule has 1 N–H and O–H groups in total. The molecule has 20 heavy (non-hydrogen) atoms. The molecule has 1 aliphatic rings. The van der Waals surface area contributed by atoms with Gasteiger partial charge in [0.2, 0.25) is 0 Å². The second kappa shape index (κ2) is 12.0. The Kier molecular flexibility index (Phi) is 10.3. The summed E-state index contributed by atoms with van der Waals surface area (Å²) in [6.07, 6.45) is 21.8. The summed E-state index contributed by atoms with van der Waals surface area (Å²) in [5.41, 5.74) is 0. The van der Waals surface area contributed by atoms with Crippen LogP contribution in [0.2, 0.25) is 0 Å². The predicted octanol–water partition coefficient (Wildman–Crippen LogP) is 5.72. The summed E-state index contributed by atoms with van der Waals surface area (Å²) < 4.78 is 0. The zero-order chi connectivity index (χ0) is 14.5. The number of allylic oxidation sites excluding steroid dienone is 2. The van der Waals surface area contributed by atoms with E-state index in [2.05, 4.69) is 12.2 Å². The maximum absolute atomic E-state index is 10.3. The van der Waals surface area contributed by atoms with Gasteiger partial charge >= 0.3 is 5.97 Å². The highest BCUT2D eigenvalue weighted by Gasteiger charge is 2.11. The topological polar surface area (TPSA) is 37.3 Å². The van der Waals surface area contributed by atoms with Crippen LogP contribution >= 0.6 is 0 Å². The molecule has 2 nitrogen and oxygen atoms in total. The minimum absolute atomic E-state index is 0.334. The summed E-state index contributed by atoms with van der Waals surface area (Å²) >= 11 is 0. The van der Waals surface area contributed by atoms with Crippen LogP contribution in [0.25, 0.3) is 0 Å². The lowest BCUT2D eigenvalue weighted by Gasteiger charge is -2.20. The van der Waals surface area contributed by atoms with E-state index >= 15 is 0 Å². The molecule has 0 heterocycles. The summed E-state index contributed by atoms with van der Waals surface area (Å²) in [5, 5.41) is 8.52. The Labute approximate surface area is 124 Å². The van der Waals surface area contributed by atoms with Gasteiger partial charge in [0.15, 0.2) is 0 Å². The number of carboxylic acid groups (broad SMARTS) is 1. The molecule has 2 heteroatoms. The van der Waals surface area contributed by atoms with Crippen molar-refractivity contribution in [1.82, 2.24) is 0 Å². The van der Waals surface area contributed by atoms with E-state index in [0.29, 0.717) is 6.42 Å². The van der Waals surface area contributed by atoms with Gasteiger partial charge in [-0.05, 0) is 38.0 Å². The van der Waals surface area contributed by atoms with Gasteiger partial charge in [0.25, 0.3) is 0 Å². The van der Waals surface area contributed by atoms with Crippen LogP contribution in [0.1, 0.15) is 89.9 Å². The zero-order valence-electron chi connectivity index (χ0n) is 13.0. The highest BCUT2D eigenvalue weighted by molar-refractivity contribution is 5.66. The van der Waals surface area contributed by atoms with Crippen LogP contribution < -0.4 is 0 Å². The van der Waals surface area contributed by atoms with E-state index < -0.39 is 5.97 Å². The number of aliphatic carboxylic acids is 1. The summed E-state index contributed by atoms with van der Waals surface area (Å²) in [6.45, 7) is 0. The summed E-state index contributed by atoms with van der Waals surface area (Å²) in [6, 6.07) is 0. The highest BCUT2D eigenvalue weighted by atomic mass is 16.4. The van der Waals surface area contributed by atoms with Crippen LogP contribution in [0.5, 0.6) is 0 Å². The molecule has 1 aliphatic carbocycles. The van der Waals surface area contributed by atoms with Crippen molar-refractivity contribution in [1.29, 1.82) is 0 Å². The molecule has 1 rings (SSSR count). The third-order valence-electron chi connectivity index (χ3n) is 4.39. The number of carbonyl (C=O) groups is 1. The molecule has 0 aromatic carbocycles. The molecule has 0 bridgehead atoms. The van der Waals surface area contributed by atoms with Gasteiger partial charge in [0, 0.05) is 6.42 Å². The minimum atomic E-state index is -0.661. The standard InChI is InChI=1S/C18H32O2/c19-18(20)16-12-7-5-3-1-2-4-6-9-13-17-14-10-8-11-15-17/h4,6,17H,1-3,5,7-16H2,(H,19,20). The van der Waals surface area contributed by atoms with Gasteiger partial charge in [0.05, 0.1) is 0 Å². The molecule has 0 spiro atoms. The fourth-order valence-electron chi connectivity index (χ4n) is 3.11. The summed E-state index contributed by atoms with van der Waals surface area (Å²) in [7, 11) is 0. The van der Waals surface area contributed by atoms with Crippen molar-refractivity contribution >= 4 is 5.97 Å². The second-order valence-corrected chi connectivity index (χ2v) is 6.25. The lowest BCUT2D eigenvalue weighted by Crippen LogP contribution is -2.05. The molecule has 0 aromatic heterocycles. The number of carboxylic acids is 1. The second-order valence-electron chi connectivity index (χ2n) is 6.25. The maximum atomic E-state index is 10.3. The van der Waals surface area contributed by atoms with Crippen molar-refractivity contribution in [3.63, 3.8) is 0 Å². The van der Waals surface area contributed by atoms with Gasteiger partial charge in [0.1, 0.15) is 0 Å². The molecule has 1 saturated carbocycles. The van der Waals surface area contributed by atoms with Crippen LogP contribution in [-0.2, 0) is 4.79 Å². The van der Waals surface area contributed by atoms with E-state index in [0.717, 1.165) is 18.8 Å². The third kappa shape index (κ3) is 10.1. The van der Waals surface area contributed by atoms with Crippen molar-refractivity contribution in [2.24, 2.45) is 5.92 Å². The maximum Gasteiger partial charge on any atom is 0.303 e. The minimum Gasteiger partial charge on any atom is -0.481 e. The first-order chi connectivity index (χ1) is 9.79. The number of hydrogen-bond acceptors (Lipinski definition) is 1. The molecular formula is C18H32O2. The molecule has 0 radical (unpaired) electrons. The fourth-order valence-corrected chi connectivity index (χ4v) is 3.11. The molecule has 0 saturated heterocycles. The van der Waals surface area contributed by atoms with Crippen molar-refractivity contribution < 1.29 is 9.90 Å². The van der Waals surface area contributed by atoms with Gasteiger partial charge in [-0.1, -0.05) is 63.5 Å². The molecule has 0 amide bonds. The van der Waals surface area contributed by atoms with Crippen LogP contribution in [0.4, 0.5) is 0 Å². The van der Waals surface area contributed by atoms with E-state index in [4.69, 9.17) is 5.11 Å². The number of unbranched alkanes of at least 4 members (excludes halogenated alkanes) is 5. The lowest BCUT2D eigenvalue weighted by molar-refractivity contribution is -0.137. The molecule has 116 valence electrons. The van der Waals surface area contributed by atoms with E-state index in [1.54, 1.807) is 0 Å². The third-order valence-corrected chi connectivity index (χ3v) is 4.39. The summed E-state index contributed by atoms with van der Waals surface area (Å²) in [5.74, 6) is 0.341. The zero-order valence-corrected chi connectivity index (χ0v) is 13.0. The van der Waals surface area contributed by atoms with Crippen LogP contribution in [0.15, 0.2) is 12.2 Å². The lowest BCUT2D eigenvalue weighted by atomic mass is 9.86. The average molecular weight is 280 g/mol. The molecule has 0 unspecified atom stereocenters. The van der Waals surface area contributed by atoms with Gasteiger partial charge in [-0.15, -0.1) is 0 Å². The van der Waals surface area contributed by atoms with Gasteiger partial charge < -0.3 is 5.11 Å². The normalized spacial score (nSPS) is 16.8. The first-order valence-electron chi connectivity index (χ1n) is 8.66. The molecule has 0 aromatic rings. The van der Waals surface area contributed by atoms with Crippen LogP contribution in [0, 0.1) is 5.92 Å². The molecule has 0 aliphatic heterocycles. The van der Waals surface area contributed by atoms with Gasteiger partial charge in [-0.25, -0.2) is 0 Å². The molecular weight excluding hydrogens is 248 g/mol. The van der Waals surface area contributed by atoms with E-state index in [1.807, 2.05) is 0 Å². The van der Waals surface area contributed by atoms with Crippen LogP contribution in [-0.4, -0.2) is 11.1 Å². The van der Waals surface area contributed by atoms with Gasteiger partial charge in [-0.2, -0.15) is 0 Å². The Morgan fingerprint density at radius 2 is 1.55 bits per heavy atom. The first kappa shape index (κ1) is 17.3. The van der Waals surface area contributed by atoms with Crippen molar-refractivity contribution in [3.05, 3.63) is 12.2 Å². The van der Waals surface area contributed by atoms with Crippen LogP contribution in [0.3, 0.4) is 0 Å². The SMILES string of the molecule is O=C(O)CCCCCCCC=CCCC1CCCCC1. The molecule has 1 fully saturated rings. The Morgan fingerprint density at radius 3 is 2.30 bits per heavy atom. The number of rotatable bonds is 11. The largest absolute Gasteiger partial charge is 0.481 e. The van der Waals surface area contributed by atoms with Crippen molar-refractivity contribution in [2.75, 3.05) is 0 Å². The highest BCUT2D eigenvalue weighted by Crippen LogP contribution is 2.27. The van der Waals surface area contributed by atoms with Crippen molar-refractivity contribution in [3.8, 4) is 0 Å². The Morgan fingerprint density at radius 1 is 0.900 bits per heavy atom. The monoisotopic (exact) mass is 280 g/mol. The first-order valence-corrected chi connectivity index (χ1v) is 8.66. The van der Waals surface area contributed by atoms with E-state index in [9.17, 15) is 4.79 Å². The Bertz CT molecular complexity index is 265. The summed E-state index contributed by atoms with van der Waals surface area (Å²) in [4.78, 5) is 10.3. The van der Waals surface area contributed by atoms with E-state index in [1.165, 1.54) is 70.6 Å². The number of hydrogen-bond donors (Lipinski definition) is 1. The average Bonchev–Trinajstić information content (AvgIpc) is 2.45. The Balaban J connectivity index is 1.81. The quantitative estimate of drug-likeness (QED) is 0.388. The van der Waals surface area contributed by atoms with Crippen molar-refractivity contribution in [2.45, 2.75) is 89.9 Å². The van der Waals surface area contributed by atoms with Gasteiger partial charge in [-0.3, -0.25) is 4.79 Å². The fraction of sp³-hybridized carbons (Fsp3) is 0.833. The Hall–Kier alpha value is -0.790. The molecule has 0 atom stereocenters.